The first-order valence-electron chi connectivity index (χ1n) is 7.46. The number of para-hydroxylation sites is 1. The molecule has 2 N–H and O–H groups in total. The van der Waals surface area contributed by atoms with Crippen LogP contribution in [0.4, 0.5) is 0 Å². The summed E-state index contributed by atoms with van der Waals surface area (Å²) in [6.07, 6.45) is 4.45. The van der Waals surface area contributed by atoms with Crippen LogP contribution in [0.15, 0.2) is 24.3 Å². The van der Waals surface area contributed by atoms with Crippen LogP contribution in [0.2, 0.25) is 0 Å². The lowest BCUT2D eigenvalue weighted by atomic mass is 10.00. The van der Waals surface area contributed by atoms with Gasteiger partial charge in [-0.05, 0) is 31.7 Å². The van der Waals surface area contributed by atoms with E-state index in [-0.39, 0.29) is 12.5 Å². The van der Waals surface area contributed by atoms with Crippen molar-refractivity contribution in [2.24, 2.45) is 5.73 Å². The number of nitrogens with zero attached hydrogens (tertiary/aromatic N) is 1. The van der Waals surface area contributed by atoms with Gasteiger partial charge >= 0.3 is 0 Å². The van der Waals surface area contributed by atoms with Crippen molar-refractivity contribution < 1.29 is 9.53 Å². The van der Waals surface area contributed by atoms with E-state index in [0.717, 1.165) is 31.4 Å². The minimum absolute atomic E-state index is 0.0865. The number of hydrogen-bond acceptors (Lipinski definition) is 3. The molecular formula is C16H24N2O2. The van der Waals surface area contributed by atoms with E-state index in [0.29, 0.717) is 18.3 Å². The average molecular weight is 276 g/mol. The molecule has 1 aromatic rings. The molecule has 0 aromatic heterocycles. The van der Waals surface area contributed by atoms with E-state index in [2.05, 4.69) is 6.92 Å². The highest BCUT2D eigenvalue weighted by Gasteiger charge is 2.25. The first-order valence-corrected chi connectivity index (χ1v) is 7.46. The molecule has 1 aromatic carbocycles. The Hall–Kier alpha value is -1.55. The zero-order chi connectivity index (χ0) is 14.4. The zero-order valence-electron chi connectivity index (χ0n) is 12.2. The lowest BCUT2D eigenvalue weighted by Gasteiger charge is -2.35. The van der Waals surface area contributed by atoms with Crippen molar-refractivity contribution in [1.29, 1.82) is 0 Å². The van der Waals surface area contributed by atoms with Crippen molar-refractivity contribution in [3.05, 3.63) is 29.8 Å². The van der Waals surface area contributed by atoms with Gasteiger partial charge in [0.25, 0.3) is 5.91 Å². The maximum Gasteiger partial charge on any atom is 0.260 e. The van der Waals surface area contributed by atoms with Gasteiger partial charge in [0.05, 0.1) is 0 Å². The molecule has 110 valence electrons. The van der Waals surface area contributed by atoms with E-state index in [1.807, 2.05) is 29.2 Å². The second-order valence-corrected chi connectivity index (χ2v) is 5.25. The molecule has 1 aliphatic heterocycles. The number of rotatable bonds is 5. The van der Waals surface area contributed by atoms with E-state index in [9.17, 15) is 4.79 Å². The van der Waals surface area contributed by atoms with E-state index in [4.69, 9.17) is 10.5 Å². The lowest BCUT2D eigenvalue weighted by molar-refractivity contribution is -0.137. The van der Waals surface area contributed by atoms with Gasteiger partial charge in [-0.1, -0.05) is 25.1 Å². The molecule has 0 bridgehead atoms. The maximum absolute atomic E-state index is 12.3. The zero-order valence-corrected chi connectivity index (χ0v) is 12.2. The van der Waals surface area contributed by atoms with Crippen LogP contribution in [-0.2, 0) is 11.3 Å². The van der Waals surface area contributed by atoms with Crippen LogP contribution < -0.4 is 10.5 Å². The molecule has 1 aliphatic rings. The average Bonchev–Trinajstić information content (AvgIpc) is 2.52. The van der Waals surface area contributed by atoms with Crippen molar-refractivity contribution in [1.82, 2.24) is 4.90 Å². The Balaban J connectivity index is 1.94. The van der Waals surface area contributed by atoms with Crippen LogP contribution in [0.5, 0.6) is 5.75 Å². The van der Waals surface area contributed by atoms with Crippen LogP contribution in [0.3, 0.4) is 0 Å². The van der Waals surface area contributed by atoms with Gasteiger partial charge in [-0.15, -0.1) is 0 Å². The van der Waals surface area contributed by atoms with Crippen molar-refractivity contribution in [3.8, 4) is 5.75 Å². The normalized spacial score (nSPS) is 18.9. The minimum atomic E-state index is 0.0865. The molecule has 4 nitrogen and oxygen atoms in total. The molecule has 1 atom stereocenters. The highest BCUT2D eigenvalue weighted by atomic mass is 16.5. The number of carbonyl (C=O) groups is 1. The van der Waals surface area contributed by atoms with E-state index in [1.54, 1.807) is 0 Å². The predicted octanol–water partition coefficient (Wildman–Crippen LogP) is 2.32. The maximum atomic E-state index is 12.3. The van der Waals surface area contributed by atoms with Gasteiger partial charge in [-0.25, -0.2) is 0 Å². The smallest absolute Gasteiger partial charge is 0.260 e. The van der Waals surface area contributed by atoms with Gasteiger partial charge in [0.1, 0.15) is 5.75 Å². The molecular weight excluding hydrogens is 252 g/mol. The van der Waals surface area contributed by atoms with Crippen molar-refractivity contribution >= 4 is 5.91 Å². The SMILES string of the molecule is CCC1CCCCN1C(=O)COc1ccccc1CN. The molecule has 0 radical (unpaired) electrons. The number of piperidine rings is 1. The topological polar surface area (TPSA) is 55.6 Å². The van der Waals surface area contributed by atoms with Gasteiger partial charge < -0.3 is 15.4 Å². The number of benzene rings is 1. The molecule has 1 saturated heterocycles. The highest BCUT2D eigenvalue weighted by molar-refractivity contribution is 5.78. The predicted molar refractivity (Wildman–Crippen MR) is 79.5 cm³/mol. The molecule has 2 rings (SSSR count). The number of ether oxygens (including phenoxy) is 1. The van der Waals surface area contributed by atoms with Crippen LogP contribution in [0.1, 0.15) is 38.2 Å². The number of amides is 1. The Morgan fingerprint density at radius 1 is 1.40 bits per heavy atom. The first-order chi connectivity index (χ1) is 9.76. The third-order valence-electron chi connectivity index (χ3n) is 3.96. The standard InChI is InChI=1S/C16H24N2O2/c1-2-14-8-5-6-10-18(14)16(19)12-20-15-9-4-3-7-13(15)11-17/h3-4,7,9,14H,2,5-6,8,10-12,17H2,1H3. The Kier molecular flexibility index (Phi) is 5.41. The summed E-state index contributed by atoms with van der Waals surface area (Å²) in [4.78, 5) is 14.3. The summed E-state index contributed by atoms with van der Waals surface area (Å²) in [6, 6.07) is 7.99. The van der Waals surface area contributed by atoms with Crippen molar-refractivity contribution in [2.45, 2.75) is 45.2 Å². The summed E-state index contributed by atoms with van der Waals surface area (Å²) in [5.74, 6) is 0.803. The monoisotopic (exact) mass is 276 g/mol. The van der Waals surface area contributed by atoms with Gasteiger partial charge in [-0.3, -0.25) is 4.79 Å². The molecule has 0 saturated carbocycles. The summed E-state index contributed by atoms with van der Waals surface area (Å²) in [5, 5.41) is 0. The number of nitrogens with two attached hydrogens (primary N) is 1. The number of carbonyl (C=O) groups excluding carboxylic acids is 1. The Morgan fingerprint density at radius 2 is 2.20 bits per heavy atom. The summed E-state index contributed by atoms with van der Waals surface area (Å²) < 4.78 is 5.66. The summed E-state index contributed by atoms with van der Waals surface area (Å²) >= 11 is 0. The third kappa shape index (κ3) is 3.51. The van der Waals surface area contributed by atoms with Crippen LogP contribution >= 0.6 is 0 Å². The third-order valence-corrected chi connectivity index (χ3v) is 3.96. The van der Waals surface area contributed by atoms with Crippen molar-refractivity contribution in [3.63, 3.8) is 0 Å². The first kappa shape index (κ1) is 14.9. The fourth-order valence-electron chi connectivity index (χ4n) is 2.79. The van der Waals surface area contributed by atoms with Gasteiger partial charge in [-0.2, -0.15) is 0 Å². The fourth-order valence-corrected chi connectivity index (χ4v) is 2.79. The Morgan fingerprint density at radius 3 is 2.95 bits per heavy atom. The summed E-state index contributed by atoms with van der Waals surface area (Å²) in [7, 11) is 0. The van der Waals surface area contributed by atoms with Gasteiger partial charge in [0, 0.05) is 24.7 Å². The van der Waals surface area contributed by atoms with Crippen molar-refractivity contribution in [2.75, 3.05) is 13.2 Å². The lowest BCUT2D eigenvalue weighted by Crippen LogP contribution is -2.45. The van der Waals surface area contributed by atoms with Gasteiger partial charge in [0.2, 0.25) is 0 Å². The molecule has 1 amide bonds. The molecule has 20 heavy (non-hydrogen) atoms. The summed E-state index contributed by atoms with van der Waals surface area (Å²) in [6.45, 7) is 3.53. The number of hydrogen-bond donors (Lipinski definition) is 1. The molecule has 1 unspecified atom stereocenters. The van der Waals surface area contributed by atoms with E-state index < -0.39 is 0 Å². The minimum Gasteiger partial charge on any atom is -0.483 e. The van der Waals surface area contributed by atoms with Crippen LogP contribution in [-0.4, -0.2) is 30.0 Å². The highest BCUT2D eigenvalue weighted by Crippen LogP contribution is 2.21. The molecule has 0 spiro atoms. The Bertz CT molecular complexity index is 448. The molecule has 0 aliphatic carbocycles. The molecule has 4 heteroatoms. The fraction of sp³-hybridized carbons (Fsp3) is 0.562. The summed E-state index contributed by atoms with van der Waals surface area (Å²) in [5.41, 5.74) is 6.60. The van der Waals surface area contributed by atoms with E-state index in [1.165, 1.54) is 6.42 Å². The molecule has 1 fully saturated rings. The van der Waals surface area contributed by atoms with E-state index >= 15 is 0 Å². The molecule has 1 heterocycles. The second kappa shape index (κ2) is 7.29. The van der Waals surface area contributed by atoms with Crippen LogP contribution in [0, 0.1) is 0 Å². The van der Waals surface area contributed by atoms with Gasteiger partial charge in [0.15, 0.2) is 6.61 Å². The van der Waals surface area contributed by atoms with Crippen LogP contribution in [0.25, 0.3) is 0 Å². The number of likely N-dealkylation sites (tertiary alicyclic amines) is 1. The quantitative estimate of drug-likeness (QED) is 0.898. The second-order valence-electron chi connectivity index (χ2n) is 5.25. The largest absolute Gasteiger partial charge is 0.483 e. The Labute approximate surface area is 120 Å².